The van der Waals surface area contributed by atoms with Crippen molar-refractivity contribution in [1.82, 2.24) is 4.98 Å². The Labute approximate surface area is 307 Å². The summed E-state index contributed by atoms with van der Waals surface area (Å²) in [5.74, 6) is 0. The molecule has 4 nitrogen and oxygen atoms in total. The summed E-state index contributed by atoms with van der Waals surface area (Å²) >= 11 is 0. The Morgan fingerprint density at radius 3 is 1.74 bits per heavy atom. The van der Waals surface area contributed by atoms with Crippen molar-refractivity contribution in [3.63, 3.8) is 0 Å². The van der Waals surface area contributed by atoms with Gasteiger partial charge in [0.2, 0.25) is 0 Å². The normalized spacial score (nSPS) is 13.1. The van der Waals surface area contributed by atoms with Crippen molar-refractivity contribution in [2.75, 3.05) is 22.9 Å². The van der Waals surface area contributed by atoms with Crippen molar-refractivity contribution >= 4 is 44.7 Å². The highest BCUT2D eigenvalue weighted by Gasteiger charge is 2.30. The molecule has 1 aliphatic heterocycles. The van der Waals surface area contributed by atoms with Gasteiger partial charge in [-0.2, -0.15) is 0 Å². The second-order valence-corrected chi connectivity index (χ2v) is 13.8. The van der Waals surface area contributed by atoms with E-state index in [0.29, 0.717) is 0 Å². The second kappa shape index (κ2) is 11.8. The molecule has 2 aromatic heterocycles. The Hall–Kier alpha value is -6.91. The van der Waals surface area contributed by atoms with Gasteiger partial charge < -0.3 is 14.2 Å². The van der Waals surface area contributed by atoms with E-state index < -0.39 is 0 Å². The third-order valence-corrected chi connectivity index (χ3v) is 11.0. The van der Waals surface area contributed by atoms with Crippen LogP contribution in [0.1, 0.15) is 0 Å². The minimum atomic E-state index is 0.851. The van der Waals surface area contributed by atoms with Crippen molar-refractivity contribution in [2.24, 2.45) is 0 Å². The molecule has 0 saturated carbocycles. The van der Waals surface area contributed by atoms with Crippen LogP contribution in [0, 0.1) is 0 Å². The maximum absolute atomic E-state index is 6.57. The maximum atomic E-state index is 6.57. The summed E-state index contributed by atoms with van der Waals surface area (Å²) in [5.41, 5.74) is 17.8. The Morgan fingerprint density at radius 2 is 0.981 bits per heavy atom. The van der Waals surface area contributed by atoms with Gasteiger partial charge in [-0.1, -0.05) is 115 Å². The fraction of sp³-hybridized carbons (Fsp3) is 0.0408. The molecule has 0 spiro atoms. The van der Waals surface area contributed by atoms with E-state index in [1.807, 2.05) is 12.3 Å². The summed E-state index contributed by atoms with van der Waals surface area (Å²) in [5, 5.41) is 2.26. The first kappa shape index (κ1) is 29.8. The molecule has 0 bridgehead atoms. The van der Waals surface area contributed by atoms with E-state index in [1.54, 1.807) is 0 Å². The molecule has 4 heteroatoms. The zero-order valence-corrected chi connectivity index (χ0v) is 28.9. The zero-order chi connectivity index (χ0) is 34.9. The first-order valence-corrected chi connectivity index (χ1v) is 18.2. The quantitative estimate of drug-likeness (QED) is 0.186. The number of aromatic nitrogens is 1. The number of nitrogens with zero attached hydrogens (tertiary/aromatic N) is 3. The second-order valence-electron chi connectivity index (χ2n) is 13.8. The molecule has 250 valence electrons. The van der Waals surface area contributed by atoms with Crippen LogP contribution in [0.4, 0.5) is 22.7 Å². The molecule has 0 atom stereocenters. The first-order chi connectivity index (χ1) is 26.3. The van der Waals surface area contributed by atoms with Crippen LogP contribution in [0.2, 0.25) is 0 Å². The van der Waals surface area contributed by atoms with Crippen molar-refractivity contribution in [3.05, 3.63) is 176 Å². The predicted octanol–water partition coefficient (Wildman–Crippen LogP) is 12.9. The Bertz CT molecular complexity index is 2860. The number of benzene rings is 7. The van der Waals surface area contributed by atoms with Crippen LogP contribution in [-0.4, -0.2) is 18.1 Å². The number of hydrogen-bond acceptors (Lipinski definition) is 4. The summed E-state index contributed by atoms with van der Waals surface area (Å²) in [6.07, 6.45) is 1.93. The van der Waals surface area contributed by atoms with E-state index in [9.17, 15) is 0 Å². The number of rotatable bonds is 3. The van der Waals surface area contributed by atoms with Crippen LogP contribution in [0.5, 0.6) is 0 Å². The van der Waals surface area contributed by atoms with Gasteiger partial charge >= 0.3 is 0 Å². The minimum Gasteiger partial charge on any atom is -0.455 e. The van der Waals surface area contributed by atoms with E-state index in [-0.39, 0.29) is 0 Å². The Kier molecular flexibility index (Phi) is 6.65. The highest BCUT2D eigenvalue weighted by Crippen LogP contribution is 2.53. The van der Waals surface area contributed by atoms with E-state index in [4.69, 9.17) is 9.40 Å². The molecule has 9 aromatic rings. The maximum Gasteiger partial charge on any atom is 0.143 e. The topological polar surface area (TPSA) is 32.5 Å². The van der Waals surface area contributed by atoms with E-state index in [1.165, 1.54) is 45.0 Å². The third kappa shape index (κ3) is 4.66. The van der Waals surface area contributed by atoms with Crippen LogP contribution >= 0.6 is 0 Å². The number of fused-ring (bicyclic) bond motifs is 12. The van der Waals surface area contributed by atoms with E-state index in [2.05, 4.69) is 174 Å². The Balaban J connectivity index is 1.23. The summed E-state index contributed by atoms with van der Waals surface area (Å²) in [4.78, 5) is 10.1. The molecule has 7 aromatic carbocycles. The molecule has 0 amide bonds. The van der Waals surface area contributed by atoms with Crippen LogP contribution in [0.25, 0.3) is 77.7 Å². The average Bonchev–Trinajstić information content (AvgIpc) is 3.62. The lowest BCUT2D eigenvalue weighted by Gasteiger charge is -2.40. The van der Waals surface area contributed by atoms with Gasteiger partial charge in [-0.05, 0) is 88.0 Å². The van der Waals surface area contributed by atoms with E-state index >= 15 is 0 Å². The summed E-state index contributed by atoms with van der Waals surface area (Å²) in [7, 11) is 0. The van der Waals surface area contributed by atoms with E-state index in [0.717, 1.165) is 68.5 Å². The molecule has 0 N–H and O–H groups in total. The molecule has 0 saturated heterocycles. The van der Waals surface area contributed by atoms with Crippen LogP contribution in [-0.2, 0) is 0 Å². The SMILES string of the molecule is c1ccc(N2CCN(c3ccccc3)c3cc4c(cc32)-c2cc(-c3cccc5c3oc3ccccc35)ccc2-c2ccccc2-c2cccnc2-4)cc1. The van der Waals surface area contributed by atoms with Crippen LogP contribution in [0.3, 0.4) is 0 Å². The van der Waals surface area contributed by atoms with Gasteiger partial charge in [-0.3, -0.25) is 4.98 Å². The standard InChI is InChI=1S/C49H33N3O/c1-3-13-33(14-4-1)51-27-28-52(34-15-5-2-6-16-34)46-31-44-43(30-45(46)51)42-29-32(35-20-11-21-41-39-19-9-10-23-47(39)53-49(35)41)24-25-38(42)36-17-7-8-18-37(36)40-22-12-26-50-48(40)44/h1-26,29-31H,27-28H2. The van der Waals surface area contributed by atoms with Gasteiger partial charge in [0.25, 0.3) is 0 Å². The van der Waals surface area contributed by atoms with Crippen LogP contribution < -0.4 is 9.80 Å². The lowest BCUT2D eigenvalue weighted by Crippen LogP contribution is -2.36. The van der Waals surface area contributed by atoms with Crippen molar-refractivity contribution in [3.8, 4) is 55.8 Å². The molecular weight excluding hydrogens is 647 g/mol. The fourth-order valence-electron chi connectivity index (χ4n) is 8.56. The van der Waals surface area contributed by atoms with Gasteiger partial charge in [0.15, 0.2) is 0 Å². The summed E-state index contributed by atoms with van der Waals surface area (Å²) < 4.78 is 6.57. The molecule has 2 aliphatic rings. The molecule has 53 heavy (non-hydrogen) atoms. The van der Waals surface area contributed by atoms with Crippen molar-refractivity contribution in [1.29, 1.82) is 0 Å². The molecular formula is C49H33N3O. The number of furan rings is 1. The number of hydrogen-bond donors (Lipinski definition) is 0. The molecule has 0 fully saturated rings. The summed E-state index contributed by atoms with van der Waals surface area (Å²) in [6, 6.07) is 61.1. The van der Waals surface area contributed by atoms with Crippen molar-refractivity contribution < 1.29 is 4.42 Å². The lowest BCUT2D eigenvalue weighted by molar-refractivity contribution is 0.670. The van der Waals surface area contributed by atoms with Crippen molar-refractivity contribution in [2.45, 2.75) is 0 Å². The van der Waals surface area contributed by atoms with Gasteiger partial charge in [-0.15, -0.1) is 0 Å². The van der Waals surface area contributed by atoms with Gasteiger partial charge in [0.05, 0.1) is 17.1 Å². The number of para-hydroxylation sites is 4. The highest BCUT2D eigenvalue weighted by molar-refractivity contribution is 6.11. The fourth-order valence-corrected chi connectivity index (χ4v) is 8.56. The molecule has 11 rings (SSSR count). The minimum absolute atomic E-state index is 0.851. The lowest BCUT2D eigenvalue weighted by atomic mass is 9.81. The zero-order valence-electron chi connectivity index (χ0n) is 28.9. The monoisotopic (exact) mass is 679 g/mol. The smallest absolute Gasteiger partial charge is 0.143 e. The largest absolute Gasteiger partial charge is 0.455 e. The van der Waals surface area contributed by atoms with Crippen LogP contribution in [0.15, 0.2) is 180 Å². The Morgan fingerprint density at radius 1 is 0.415 bits per heavy atom. The first-order valence-electron chi connectivity index (χ1n) is 18.2. The molecule has 0 unspecified atom stereocenters. The number of anilines is 4. The molecule has 1 aliphatic carbocycles. The van der Waals surface area contributed by atoms with Gasteiger partial charge in [0, 0.05) is 58.1 Å². The molecule has 0 radical (unpaired) electrons. The third-order valence-electron chi connectivity index (χ3n) is 11.0. The highest BCUT2D eigenvalue weighted by atomic mass is 16.3. The predicted molar refractivity (Wildman–Crippen MR) is 219 cm³/mol. The van der Waals surface area contributed by atoms with Gasteiger partial charge in [-0.25, -0.2) is 0 Å². The molecule has 3 heterocycles. The number of pyridine rings is 1. The van der Waals surface area contributed by atoms with Gasteiger partial charge in [0.1, 0.15) is 11.2 Å². The average molecular weight is 680 g/mol. The summed E-state index contributed by atoms with van der Waals surface area (Å²) in [6.45, 7) is 1.70.